The van der Waals surface area contributed by atoms with Gasteiger partial charge in [0.05, 0.1) is 11.4 Å². The first-order chi connectivity index (χ1) is 34.3. The van der Waals surface area contributed by atoms with Crippen LogP contribution in [0.25, 0.3) is 66.1 Å². The van der Waals surface area contributed by atoms with Gasteiger partial charge in [-0.2, -0.15) is 0 Å². The molecule has 0 bridgehead atoms. The summed E-state index contributed by atoms with van der Waals surface area (Å²) in [5, 5.41) is 4.65. The minimum Gasteiger partial charge on any atom is -0.309 e. The average Bonchev–Trinajstić information content (AvgIpc) is 3.79. The molecule has 2 aliphatic carbocycles. The van der Waals surface area contributed by atoms with Crippen LogP contribution in [0.5, 0.6) is 0 Å². The smallest absolute Gasteiger partial charge is 0.0620 e. The van der Waals surface area contributed by atoms with Crippen LogP contribution in [0.15, 0.2) is 243 Å². The summed E-state index contributed by atoms with van der Waals surface area (Å²) in [5.41, 5.74) is 21.8. The van der Waals surface area contributed by atoms with Crippen LogP contribution in [-0.2, 0) is 10.8 Å². The summed E-state index contributed by atoms with van der Waals surface area (Å²) in [5.74, 6) is 0. The summed E-state index contributed by atoms with van der Waals surface area (Å²) in [4.78, 5) is 5.07. The van der Waals surface area contributed by atoms with Crippen molar-refractivity contribution in [2.24, 2.45) is 0 Å². The minimum absolute atomic E-state index is 0.175. The lowest BCUT2D eigenvalue weighted by atomic mass is 9.82. The Hall–Kier alpha value is -8.46. The summed E-state index contributed by atoms with van der Waals surface area (Å²) in [6.07, 6.45) is 0. The Balaban J connectivity index is 1.16. The summed E-state index contributed by atoms with van der Waals surface area (Å²) in [6.45, 7) is 9.51. The van der Waals surface area contributed by atoms with Crippen molar-refractivity contribution in [3.05, 3.63) is 265 Å². The Morgan fingerprint density at radius 2 is 0.586 bits per heavy atom. The molecule has 0 saturated carbocycles. The quantitative estimate of drug-likeness (QED) is 0.111. The highest BCUT2D eigenvalue weighted by Gasteiger charge is 2.38. The zero-order valence-corrected chi connectivity index (χ0v) is 40.0. The van der Waals surface area contributed by atoms with Gasteiger partial charge in [0.25, 0.3) is 0 Å². The molecule has 70 heavy (non-hydrogen) atoms. The molecule has 11 aromatic carbocycles. The first-order valence-corrected chi connectivity index (χ1v) is 24.6. The van der Waals surface area contributed by atoms with Crippen molar-refractivity contribution in [1.29, 1.82) is 0 Å². The fourth-order valence-corrected chi connectivity index (χ4v) is 11.9. The summed E-state index contributed by atoms with van der Waals surface area (Å²) in [7, 11) is 0. The Morgan fingerprint density at radius 1 is 0.243 bits per heavy atom. The van der Waals surface area contributed by atoms with Gasteiger partial charge in [0.1, 0.15) is 0 Å². The van der Waals surface area contributed by atoms with Crippen LogP contribution in [0.4, 0.5) is 34.1 Å². The van der Waals surface area contributed by atoms with E-state index in [2.05, 4.69) is 280 Å². The van der Waals surface area contributed by atoms with E-state index in [4.69, 9.17) is 0 Å². The van der Waals surface area contributed by atoms with Crippen LogP contribution >= 0.6 is 0 Å². The largest absolute Gasteiger partial charge is 0.309 e. The fourth-order valence-electron chi connectivity index (χ4n) is 11.9. The predicted molar refractivity (Wildman–Crippen MR) is 297 cm³/mol. The van der Waals surface area contributed by atoms with Crippen LogP contribution in [0.2, 0.25) is 0 Å². The van der Waals surface area contributed by atoms with Crippen molar-refractivity contribution in [2.45, 2.75) is 38.5 Å². The van der Waals surface area contributed by atoms with Crippen LogP contribution < -0.4 is 9.80 Å². The molecule has 0 N–H and O–H groups in total. The van der Waals surface area contributed by atoms with E-state index in [-0.39, 0.29) is 10.8 Å². The number of anilines is 6. The topological polar surface area (TPSA) is 6.48 Å². The molecule has 0 heterocycles. The Kier molecular flexibility index (Phi) is 9.58. The lowest BCUT2D eigenvalue weighted by molar-refractivity contribution is 0.660. The molecule has 0 unspecified atom stereocenters. The van der Waals surface area contributed by atoms with Gasteiger partial charge in [-0.1, -0.05) is 210 Å². The van der Waals surface area contributed by atoms with Gasteiger partial charge in [-0.05, 0) is 127 Å². The molecule has 334 valence electrons. The Labute approximate surface area is 411 Å². The van der Waals surface area contributed by atoms with E-state index < -0.39 is 0 Å². The van der Waals surface area contributed by atoms with Crippen LogP contribution in [0.1, 0.15) is 49.9 Å². The molecular weight excluding hydrogens is 845 g/mol. The van der Waals surface area contributed by atoms with Crippen molar-refractivity contribution in [3.8, 4) is 44.5 Å². The van der Waals surface area contributed by atoms with Gasteiger partial charge in [-0.15, -0.1) is 0 Å². The fraction of sp³-hybridized carbons (Fsp3) is 0.0882. The third-order valence-corrected chi connectivity index (χ3v) is 15.4. The number of rotatable bonds is 8. The van der Waals surface area contributed by atoms with Crippen LogP contribution in [0.3, 0.4) is 0 Å². The second-order valence-electron chi connectivity index (χ2n) is 20.1. The first kappa shape index (κ1) is 41.7. The summed E-state index contributed by atoms with van der Waals surface area (Å²) < 4.78 is 0. The highest BCUT2D eigenvalue weighted by molar-refractivity contribution is 6.24. The van der Waals surface area contributed by atoms with E-state index in [1.54, 1.807) is 0 Å². The SMILES string of the molecule is CC1(C)c2ccccc2-c2ccc(N(c3ccccc3)c3c4ccc(-c5ccccc5)cc4c(N(c4ccccc4)c4ccc5c(c4)C(C)(C)c4ccccc4-5)c4ccc(-c5ccccc5)cc34)cc21. The van der Waals surface area contributed by atoms with Gasteiger partial charge >= 0.3 is 0 Å². The highest BCUT2D eigenvalue weighted by Crippen LogP contribution is 2.56. The maximum Gasteiger partial charge on any atom is 0.0620 e. The van der Waals surface area contributed by atoms with Crippen molar-refractivity contribution in [2.75, 3.05) is 9.80 Å². The highest BCUT2D eigenvalue weighted by atomic mass is 15.2. The van der Waals surface area contributed by atoms with Gasteiger partial charge in [-0.3, -0.25) is 0 Å². The van der Waals surface area contributed by atoms with Crippen molar-refractivity contribution >= 4 is 55.7 Å². The predicted octanol–water partition coefficient (Wildman–Crippen LogP) is 18.9. The van der Waals surface area contributed by atoms with Crippen LogP contribution in [-0.4, -0.2) is 0 Å². The number of para-hydroxylation sites is 2. The summed E-state index contributed by atoms with van der Waals surface area (Å²) >= 11 is 0. The number of fused-ring (bicyclic) bond motifs is 8. The van der Waals surface area contributed by atoms with Gasteiger partial charge in [0, 0.05) is 55.1 Å². The molecule has 11 aromatic rings. The minimum atomic E-state index is -0.175. The van der Waals surface area contributed by atoms with E-state index in [9.17, 15) is 0 Å². The second-order valence-corrected chi connectivity index (χ2v) is 20.1. The Bertz CT molecular complexity index is 3560. The monoisotopic (exact) mass is 896 g/mol. The van der Waals surface area contributed by atoms with Gasteiger partial charge in [-0.25, -0.2) is 0 Å². The standard InChI is InChI=1S/C68H52N2/c1-67(2)61-31-19-17-29-53(61)55-39-35-51(43-63(55)67)69(49-25-13-7-14-26-49)65-57-37-33-48(46-23-11-6-12-24-46)42-60(57)66(58-38-34-47(41-59(58)65)45-21-9-5-10-22-45)70(50-27-15-8-16-28-50)52-36-40-56-54-30-18-20-32-62(54)68(3,4)64(56)44-52/h5-44H,1-4H3. The van der Waals surface area contributed by atoms with Crippen molar-refractivity contribution in [3.63, 3.8) is 0 Å². The third kappa shape index (κ3) is 6.47. The summed E-state index contributed by atoms with van der Waals surface area (Å²) in [6, 6.07) is 90.2. The molecule has 13 rings (SSSR count). The molecule has 0 amide bonds. The number of benzene rings is 11. The van der Waals surface area contributed by atoms with Gasteiger partial charge in [0.2, 0.25) is 0 Å². The third-order valence-electron chi connectivity index (χ3n) is 15.4. The average molecular weight is 897 g/mol. The van der Waals surface area contributed by atoms with Gasteiger partial charge in [0.15, 0.2) is 0 Å². The zero-order chi connectivity index (χ0) is 47.1. The van der Waals surface area contributed by atoms with Crippen molar-refractivity contribution in [1.82, 2.24) is 0 Å². The number of nitrogens with zero attached hydrogens (tertiary/aromatic N) is 2. The van der Waals surface area contributed by atoms with E-state index in [0.29, 0.717) is 0 Å². The van der Waals surface area contributed by atoms with Crippen LogP contribution in [0, 0.1) is 0 Å². The first-order valence-electron chi connectivity index (χ1n) is 24.6. The molecule has 2 aliphatic rings. The molecule has 0 aromatic heterocycles. The lowest BCUT2D eigenvalue weighted by Crippen LogP contribution is -2.18. The normalized spacial score (nSPS) is 13.7. The zero-order valence-electron chi connectivity index (χ0n) is 40.0. The number of hydrogen-bond donors (Lipinski definition) is 0. The maximum absolute atomic E-state index is 2.53. The second kappa shape index (κ2) is 16.1. The van der Waals surface area contributed by atoms with Gasteiger partial charge < -0.3 is 9.80 Å². The van der Waals surface area contributed by atoms with E-state index in [1.165, 1.54) is 66.8 Å². The molecule has 0 spiro atoms. The molecule has 0 atom stereocenters. The Morgan fingerprint density at radius 3 is 0.986 bits per heavy atom. The molecule has 0 radical (unpaired) electrons. The number of hydrogen-bond acceptors (Lipinski definition) is 2. The van der Waals surface area contributed by atoms with Crippen molar-refractivity contribution < 1.29 is 0 Å². The molecular formula is C68H52N2. The lowest BCUT2D eigenvalue weighted by Gasteiger charge is -2.34. The van der Waals surface area contributed by atoms with E-state index in [1.807, 2.05) is 0 Å². The maximum atomic E-state index is 2.53. The molecule has 2 nitrogen and oxygen atoms in total. The molecule has 0 aliphatic heterocycles. The molecule has 0 fully saturated rings. The van der Waals surface area contributed by atoms with E-state index in [0.717, 1.165) is 55.7 Å². The molecule has 2 heteroatoms. The molecule has 0 saturated heterocycles. The van der Waals surface area contributed by atoms with E-state index >= 15 is 0 Å².